The largest absolute Gasteiger partial charge is 0.430 e. The van der Waals surface area contributed by atoms with Gasteiger partial charge in [0.2, 0.25) is 0 Å². The Balaban J connectivity index is 2.30. The molecule has 0 atom stereocenters. The van der Waals surface area contributed by atoms with Gasteiger partial charge in [-0.25, -0.2) is 4.39 Å². The number of ether oxygens (including phenoxy) is 1. The summed E-state index contributed by atoms with van der Waals surface area (Å²) in [4.78, 5) is 14.7. The Labute approximate surface area is 106 Å². The van der Waals surface area contributed by atoms with Gasteiger partial charge in [-0.3, -0.25) is 4.79 Å². The van der Waals surface area contributed by atoms with Gasteiger partial charge in [0, 0.05) is 6.07 Å². The quantitative estimate of drug-likeness (QED) is 0.796. The summed E-state index contributed by atoms with van der Waals surface area (Å²) in [5, 5.41) is 0.305. The van der Waals surface area contributed by atoms with E-state index in [0.29, 0.717) is 12.0 Å². The smallest absolute Gasteiger partial charge is 0.280 e. The van der Waals surface area contributed by atoms with E-state index in [4.69, 9.17) is 16.3 Å². The van der Waals surface area contributed by atoms with Gasteiger partial charge in [-0.2, -0.15) is 4.98 Å². The first-order valence-corrected chi connectivity index (χ1v) is 5.85. The van der Waals surface area contributed by atoms with Crippen molar-refractivity contribution in [2.75, 3.05) is 0 Å². The predicted octanol–water partition coefficient (Wildman–Crippen LogP) is 3.85. The van der Waals surface area contributed by atoms with Crippen LogP contribution in [0.1, 0.15) is 15.2 Å². The first-order valence-electron chi connectivity index (χ1n) is 4.65. The summed E-state index contributed by atoms with van der Waals surface area (Å²) in [6.07, 6.45) is 0.602. The molecule has 88 valence electrons. The van der Waals surface area contributed by atoms with Crippen molar-refractivity contribution in [3.8, 4) is 10.9 Å². The van der Waals surface area contributed by atoms with Gasteiger partial charge in [-0.05, 0) is 18.6 Å². The number of halogens is 2. The van der Waals surface area contributed by atoms with Crippen molar-refractivity contribution in [1.29, 1.82) is 0 Å². The highest BCUT2D eigenvalue weighted by molar-refractivity contribution is 7.15. The maximum atomic E-state index is 13.0. The molecule has 0 spiro atoms. The zero-order valence-corrected chi connectivity index (χ0v) is 10.3. The molecule has 3 nitrogen and oxygen atoms in total. The van der Waals surface area contributed by atoms with Gasteiger partial charge < -0.3 is 4.74 Å². The van der Waals surface area contributed by atoms with Crippen LogP contribution >= 0.6 is 22.9 Å². The lowest BCUT2D eigenvalue weighted by atomic mass is 10.2. The average molecular weight is 272 g/mol. The Morgan fingerprint density at radius 1 is 1.53 bits per heavy atom. The molecule has 0 N–H and O–H groups in total. The van der Waals surface area contributed by atoms with Gasteiger partial charge >= 0.3 is 0 Å². The standard InChI is InChI=1S/C11H7ClFNO2S/c1-6-2-3-7(13)4-8(6)16-11-14-10(12)9(5-15)17-11/h2-5H,1H3. The van der Waals surface area contributed by atoms with Crippen molar-refractivity contribution in [3.05, 3.63) is 39.6 Å². The molecule has 0 radical (unpaired) electrons. The third-order valence-electron chi connectivity index (χ3n) is 2.04. The molecule has 0 bridgehead atoms. The third-order valence-corrected chi connectivity index (χ3v) is 3.30. The van der Waals surface area contributed by atoms with E-state index < -0.39 is 5.82 Å². The van der Waals surface area contributed by atoms with E-state index in [9.17, 15) is 9.18 Å². The Hall–Kier alpha value is -1.46. The van der Waals surface area contributed by atoms with Gasteiger partial charge in [-0.1, -0.05) is 29.0 Å². The lowest BCUT2D eigenvalue weighted by Gasteiger charge is -2.04. The van der Waals surface area contributed by atoms with E-state index in [1.54, 1.807) is 13.0 Å². The Morgan fingerprint density at radius 3 is 2.94 bits per heavy atom. The van der Waals surface area contributed by atoms with E-state index in [-0.39, 0.29) is 15.2 Å². The van der Waals surface area contributed by atoms with Crippen molar-refractivity contribution in [1.82, 2.24) is 4.98 Å². The summed E-state index contributed by atoms with van der Waals surface area (Å²) < 4.78 is 18.4. The number of carbonyl (C=O) groups excluding carboxylic acids is 1. The number of benzene rings is 1. The van der Waals surface area contributed by atoms with Gasteiger partial charge in [0.05, 0.1) is 0 Å². The summed E-state index contributed by atoms with van der Waals surface area (Å²) in [7, 11) is 0. The molecule has 6 heteroatoms. The second kappa shape index (κ2) is 4.81. The van der Waals surface area contributed by atoms with E-state index in [1.165, 1.54) is 12.1 Å². The van der Waals surface area contributed by atoms with Crippen LogP contribution in [0.4, 0.5) is 4.39 Å². The molecule has 0 aliphatic heterocycles. The first kappa shape index (κ1) is 12.0. The minimum absolute atomic E-state index is 0.0917. The summed E-state index contributed by atoms with van der Waals surface area (Å²) in [6, 6.07) is 4.19. The monoisotopic (exact) mass is 271 g/mol. The zero-order chi connectivity index (χ0) is 12.4. The summed E-state index contributed by atoms with van der Waals surface area (Å²) in [5.41, 5.74) is 0.769. The number of thiazole rings is 1. The zero-order valence-electron chi connectivity index (χ0n) is 8.74. The highest BCUT2D eigenvalue weighted by Crippen LogP contribution is 2.32. The topological polar surface area (TPSA) is 39.2 Å². The van der Waals surface area contributed by atoms with E-state index in [2.05, 4.69) is 4.98 Å². The number of aromatic nitrogens is 1. The van der Waals surface area contributed by atoms with Gasteiger partial charge in [-0.15, -0.1) is 0 Å². The number of carbonyl (C=O) groups is 1. The van der Waals surface area contributed by atoms with E-state index >= 15 is 0 Å². The van der Waals surface area contributed by atoms with Crippen LogP contribution in [-0.2, 0) is 0 Å². The van der Waals surface area contributed by atoms with Gasteiger partial charge in [0.15, 0.2) is 11.4 Å². The number of hydrogen-bond acceptors (Lipinski definition) is 4. The summed E-state index contributed by atoms with van der Waals surface area (Å²) in [5.74, 6) is -0.0447. The van der Waals surface area contributed by atoms with Crippen molar-refractivity contribution >= 4 is 29.2 Å². The fraction of sp³-hybridized carbons (Fsp3) is 0.0909. The van der Waals surface area contributed by atoms with Crippen LogP contribution < -0.4 is 4.74 Å². The maximum absolute atomic E-state index is 13.0. The summed E-state index contributed by atoms with van der Waals surface area (Å²) in [6.45, 7) is 1.78. The molecular formula is C11H7ClFNO2S. The Kier molecular flexibility index (Phi) is 3.40. The van der Waals surface area contributed by atoms with Crippen LogP contribution in [0.3, 0.4) is 0 Å². The number of nitrogens with zero attached hydrogens (tertiary/aromatic N) is 1. The minimum Gasteiger partial charge on any atom is -0.430 e. The van der Waals surface area contributed by atoms with E-state index in [1.807, 2.05) is 0 Å². The van der Waals surface area contributed by atoms with Gasteiger partial charge in [0.1, 0.15) is 16.4 Å². The maximum Gasteiger partial charge on any atom is 0.280 e. The Morgan fingerprint density at radius 2 is 2.29 bits per heavy atom. The SMILES string of the molecule is Cc1ccc(F)cc1Oc1nc(Cl)c(C=O)s1. The van der Waals surface area contributed by atoms with Crippen LogP contribution in [0.5, 0.6) is 10.9 Å². The number of rotatable bonds is 3. The van der Waals surface area contributed by atoms with Crippen molar-refractivity contribution < 1.29 is 13.9 Å². The Bertz CT molecular complexity index is 571. The van der Waals surface area contributed by atoms with Crippen LogP contribution in [0.15, 0.2) is 18.2 Å². The second-order valence-electron chi connectivity index (χ2n) is 3.26. The lowest BCUT2D eigenvalue weighted by Crippen LogP contribution is -1.87. The molecule has 1 heterocycles. The molecule has 1 aromatic carbocycles. The fourth-order valence-corrected chi connectivity index (χ4v) is 2.11. The van der Waals surface area contributed by atoms with E-state index in [0.717, 1.165) is 16.9 Å². The molecule has 0 aliphatic carbocycles. The number of hydrogen-bond donors (Lipinski definition) is 0. The van der Waals surface area contributed by atoms with Crippen molar-refractivity contribution in [3.63, 3.8) is 0 Å². The first-order chi connectivity index (χ1) is 8.10. The normalized spacial score (nSPS) is 10.3. The third kappa shape index (κ3) is 2.62. The fourth-order valence-electron chi connectivity index (χ4n) is 1.19. The molecule has 1 aromatic heterocycles. The van der Waals surface area contributed by atoms with Crippen LogP contribution in [-0.4, -0.2) is 11.3 Å². The van der Waals surface area contributed by atoms with Crippen LogP contribution in [0.2, 0.25) is 5.15 Å². The van der Waals surface area contributed by atoms with Gasteiger partial charge in [0.25, 0.3) is 5.19 Å². The molecule has 17 heavy (non-hydrogen) atoms. The highest BCUT2D eigenvalue weighted by Gasteiger charge is 2.11. The summed E-state index contributed by atoms with van der Waals surface area (Å²) >= 11 is 6.71. The molecule has 0 saturated carbocycles. The van der Waals surface area contributed by atoms with Crippen molar-refractivity contribution in [2.45, 2.75) is 6.92 Å². The molecule has 2 rings (SSSR count). The lowest BCUT2D eigenvalue weighted by molar-refractivity contribution is 0.112. The molecule has 2 aromatic rings. The van der Waals surface area contributed by atoms with Crippen molar-refractivity contribution in [2.24, 2.45) is 0 Å². The number of aryl methyl sites for hydroxylation is 1. The molecule has 0 amide bonds. The molecule has 0 saturated heterocycles. The number of aldehydes is 1. The van der Waals surface area contributed by atoms with Crippen LogP contribution in [0, 0.1) is 12.7 Å². The van der Waals surface area contributed by atoms with Crippen LogP contribution in [0.25, 0.3) is 0 Å². The molecule has 0 fully saturated rings. The predicted molar refractivity (Wildman–Crippen MR) is 63.7 cm³/mol. The highest BCUT2D eigenvalue weighted by atomic mass is 35.5. The molecule has 0 aliphatic rings. The average Bonchev–Trinajstić information content (AvgIpc) is 2.64. The minimum atomic E-state index is -0.399. The molecular weight excluding hydrogens is 265 g/mol. The second-order valence-corrected chi connectivity index (χ2v) is 4.62. The molecule has 0 unspecified atom stereocenters.